The van der Waals surface area contributed by atoms with Gasteiger partial charge in [-0.3, -0.25) is 4.79 Å². The number of carbonyl (C=O) groups excluding carboxylic acids is 1. The van der Waals surface area contributed by atoms with Gasteiger partial charge in [0, 0.05) is 5.69 Å². The zero-order valence-electron chi connectivity index (χ0n) is 11.2. The zero-order chi connectivity index (χ0) is 15.5. The number of hydrogen-bond acceptors (Lipinski definition) is 4. The number of halogens is 2. The first-order chi connectivity index (χ1) is 10.6. The number of thiazole rings is 1. The Hall–Kier alpha value is -2.60. The normalized spacial score (nSPS) is 10.5. The molecule has 0 radical (unpaired) electrons. The Labute approximate surface area is 129 Å². The molecule has 3 aromatic rings. The minimum atomic E-state index is -0.569. The lowest BCUT2D eigenvalue weighted by molar-refractivity contribution is 0.103. The predicted molar refractivity (Wildman–Crippen MR) is 81.6 cm³/mol. The van der Waals surface area contributed by atoms with Crippen LogP contribution in [0.3, 0.4) is 0 Å². The molecule has 0 bridgehead atoms. The van der Waals surface area contributed by atoms with Crippen LogP contribution in [0.25, 0.3) is 0 Å². The van der Waals surface area contributed by atoms with E-state index in [1.165, 1.54) is 36.5 Å². The maximum absolute atomic E-state index is 13.6. The van der Waals surface area contributed by atoms with Gasteiger partial charge in [0.2, 0.25) is 5.78 Å². The Morgan fingerprint density at radius 2 is 1.91 bits per heavy atom. The largest absolute Gasteiger partial charge is 0.331 e. The van der Waals surface area contributed by atoms with Gasteiger partial charge in [-0.1, -0.05) is 29.5 Å². The molecule has 0 fully saturated rings. The maximum Gasteiger partial charge on any atom is 0.207 e. The van der Waals surface area contributed by atoms with Gasteiger partial charge in [-0.2, -0.15) is 0 Å². The number of nitrogens with zero attached hydrogens (tertiary/aromatic N) is 1. The highest BCUT2D eigenvalue weighted by molar-refractivity contribution is 7.17. The van der Waals surface area contributed by atoms with E-state index in [0.29, 0.717) is 15.7 Å². The number of hydrogen-bond donors (Lipinski definition) is 1. The number of aromatic nitrogens is 1. The van der Waals surface area contributed by atoms with Crippen LogP contribution >= 0.6 is 11.3 Å². The van der Waals surface area contributed by atoms with Gasteiger partial charge in [0.25, 0.3) is 0 Å². The van der Waals surface area contributed by atoms with Crippen LogP contribution in [0.5, 0.6) is 0 Å². The zero-order valence-corrected chi connectivity index (χ0v) is 12.0. The average Bonchev–Trinajstić information content (AvgIpc) is 2.95. The van der Waals surface area contributed by atoms with E-state index in [2.05, 4.69) is 10.3 Å². The van der Waals surface area contributed by atoms with Gasteiger partial charge < -0.3 is 5.32 Å². The lowest BCUT2D eigenvalue weighted by Gasteiger charge is -2.01. The van der Waals surface area contributed by atoms with Gasteiger partial charge in [-0.05, 0) is 30.3 Å². The molecule has 3 rings (SSSR count). The molecule has 110 valence electrons. The smallest absolute Gasteiger partial charge is 0.207 e. The second kappa shape index (κ2) is 6.03. The molecular weight excluding hydrogens is 306 g/mol. The van der Waals surface area contributed by atoms with E-state index >= 15 is 0 Å². The summed E-state index contributed by atoms with van der Waals surface area (Å²) in [5.74, 6) is -1.37. The minimum Gasteiger partial charge on any atom is -0.331 e. The van der Waals surface area contributed by atoms with Gasteiger partial charge in [-0.25, -0.2) is 13.8 Å². The summed E-state index contributed by atoms with van der Waals surface area (Å²) in [5.41, 5.74) is 0.530. The summed E-state index contributed by atoms with van der Waals surface area (Å²) in [6.45, 7) is 0. The molecule has 0 aliphatic rings. The van der Waals surface area contributed by atoms with Crippen molar-refractivity contribution in [3.8, 4) is 0 Å². The van der Waals surface area contributed by atoms with Crippen molar-refractivity contribution in [2.45, 2.75) is 0 Å². The third-order valence-electron chi connectivity index (χ3n) is 2.92. The van der Waals surface area contributed by atoms with Crippen molar-refractivity contribution in [2.24, 2.45) is 0 Å². The monoisotopic (exact) mass is 316 g/mol. The number of rotatable bonds is 4. The highest BCUT2D eigenvalue weighted by atomic mass is 32.1. The summed E-state index contributed by atoms with van der Waals surface area (Å²) in [7, 11) is 0. The number of anilines is 2. The van der Waals surface area contributed by atoms with Crippen LogP contribution < -0.4 is 5.32 Å². The minimum absolute atomic E-state index is 0.00320. The summed E-state index contributed by atoms with van der Waals surface area (Å²) < 4.78 is 26.7. The highest BCUT2D eigenvalue weighted by Crippen LogP contribution is 2.25. The molecule has 0 saturated carbocycles. The highest BCUT2D eigenvalue weighted by Gasteiger charge is 2.16. The Kier molecular flexibility index (Phi) is 3.93. The van der Waals surface area contributed by atoms with E-state index in [9.17, 15) is 13.6 Å². The van der Waals surface area contributed by atoms with Crippen LogP contribution in [0.15, 0.2) is 54.7 Å². The predicted octanol–water partition coefficient (Wildman–Crippen LogP) is 4.40. The van der Waals surface area contributed by atoms with Gasteiger partial charge in [0.15, 0.2) is 5.13 Å². The Bertz CT molecular complexity index is 832. The van der Waals surface area contributed by atoms with Gasteiger partial charge >= 0.3 is 0 Å². The molecule has 1 heterocycles. The molecule has 1 aromatic heterocycles. The van der Waals surface area contributed by atoms with Crippen LogP contribution in [0.4, 0.5) is 19.6 Å². The van der Waals surface area contributed by atoms with E-state index in [1.807, 2.05) is 0 Å². The van der Waals surface area contributed by atoms with Gasteiger partial charge in [0.05, 0.1) is 16.6 Å². The van der Waals surface area contributed by atoms with E-state index in [0.717, 1.165) is 11.3 Å². The number of benzene rings is 2. The summed E-state index contributed by atoms with van der Waals surface area (Å²) >= 11 is 1.08. The Balaban J connectivity index is 1.82. The molecular formula is C16H10F2N2OS. The van der Waals surface area contributed by atoms with Crippen molar-refractivity contribution < 1.29 is 13.6 Å². The molecule has 0 aliphatic carbocycles. The number of ketones is 1. The summed E-state index contributed by atoms with van der Waals surface area (Å²) in [5, 5.41) is 3.34. The fourth-order valence-electron chi connectivity index (χ4n) is 1.90. The van der Waals surface area contributed by atoms with Gasteiger partial charge in [0.1, 0.15) is 11.6 Å². The molecule has 0 atom stereocenters. The number of nitrogens with one attached hydrogen (secondary N) is 1. The molecule has 3 nitrogen and oxygen atoms in total. The SMILES string of the molecule is O=C(c1cnc(Nc2cccc(F)c2)s1)c1ccccc1F. The molecule has 0 saturated heterocycles. The van der Waals surface area contributed by atoms with E-state index in [4.69, 9.17) is 0 Å². The number of carbonyl (C=O) groups is 1. The topological polar surface area (TPSA) is 42.0 Å². The first-order valence-corrected chi connectivity index (χ1v) is 7.23. The fraction of sp³-hybridized carbons (Fsp3) is 0. The average molecular weight is 316 g/mol. The fourth-order valence-corrected chi connectivity index (χ4v) is 2.70. The van der Waals surface area contributed by atoms with Crippen molar-refractivity contribution >= 4 is 27.9 Å². The van der Waals surface area contributed by atoms with Crippen LogP contribution in [0.1, 0.15) is 15.2 Å². The first-order valence-electron chi connectivity index (χ1n) is 6.41. The second-order valence-electron chi connectivity index (χ2n) is 4.47. The van der Waals surface area contributed by atoms with Crippen molar-refractivity contribution in [3.05, 3.63) is 76.8 Å². The standard InChI is InChI=1S/C16H10F2N2OS/c17-10-4-3-5-11(8-10)20-16-19-9-14(22-16)15(21)12-6-1-2-7-13(12)18/h1-9H,(H,19,20). The van der Waals surface area contributed by atoms with Crippen LogP contribution in [0, 0.1) is 11.6 Å². The van der Waals surface area contributed by atoms with Crippen LogP contribution in [-0.4, -0.2) is 10.8 Å². The third-order valence-corrected chi connectivity index (χ3v) is 3.84. The molecule has 6 heteroatoms. The molecule has 0 spiro atoms. The quantitative estimate of drug-likeness (QED) is 0.726. The third kappa shape index (κ3) is 3.01. The first kappa shape index (κ1) is 14.3. The van der Waals surface area contributed by atoms with E-state index in [-0.39, 0.29) is 11.4 Å². The Morgan fingerprint density at radius 3 is 2.68 bits per heavy atom. The van der Waals surface area contributed by atoms with Crippen molar-refractivity contribution in [1.82, 2.24) is 4.98 Å². The molecule has 0 unspecified atom stereocenters. The molecule has 2 aromatic carbocycles. The van der Waals surface area contributed by atoms with Crippen molar-refractivity contribution in [2.75, 3.05) is 5.32 Å². The molecule has 0 aliphatic heterocycles. The summed E-state index contributed by atoms with van der Waals surface area (Å²) in [6.07, 6.45) is 1.38. The summed E-state index contributed by atoms with van der Waals surface area (Å²) in [4.78, 5) is 16.6. The molecule has 0 amide bonds. The van der Waals surface area contributed by atoms with Crippen molar-refractivity contribution in [1.29, 1.82) is 0 Å². The second-order valence-corrected chi connectivity index (χ2v) is 5.50. The van der Waals surface area contributed by atoms with Crippen molar-refractivity contribution in [3.63, 3.8) is 0 Å². The van der Waals surface area contributed by atoms with E-state index in [1.54, 1.807) is 18.2 Å². The lowest BCUT2D eigenvalue weighted by atomic mass is 10.1. The molecule has 22 heavy (non-hydrogen) atoms. The van der Waals surface area contributed by atoms with E-state index < -0.39 is 11.6 Å². The maximum atomic E-state index is 13.6. The van der Waals surface area contributed by atoms with Gasteiger partial charge in [-0.15, -0.1) is 0 Å². The van der Waals surface area contributed by atoms with Crippen LogP contribution in [0.2, 0.25) is 0 Å². The molecule has 1 N–H and O–H groups in total. The summed E-state index contributed by atoms with van der Waals surface area (Å²) in [6, 6.07) is 11.7. The van der Waals surface area contributed by atoms with Crippen LogP contribution in [-0.2, 0) is 0 Å². The Morgan fingerprint density at radius 1 is 1.09 bits per heavy atom. The lowest BCUT2D eigenvalue weighted by Crippen LogP contribution is -2.01.